The normalized spacial score (nSPS) is 19.2. The molecule has 0 aromatic carbocycles. The van der Waals surface area contributed by atoms with Crippen molar-refractivity contribution in [2.24, 2.45) is 4.99 Å². The molecular weight excluding hydrogens is 268 g/mol. The fourth-order valence-electron chi connectivity index (χ4n) is 2.31. The number of aliphatic imine (C=N–C) groups is 1. The van der Waals surface area contributed by atoms with E-state index in [1.807, 2.05) is 25.7 Å². The number of carbonyl (C=O) groups is 1. The van der Waals surface area contributed by atoms with E-state index in [4.69, 9.17) is 4.74 Å². The molecule has 1 heterocycles. The van der Waals surface area contributed by atoms with Gasteiger partial charge in [0.05, 0.1) is 6.10 Å². The summed E-state index contributed by atoms with van der Waals surface area (Å²) in [5.41, 5.74) is 0. The molecule has 0 bridgehead atoms. The number of guanidine groups is 1. The van der Waals surface area contributed by atoms with Crippen molar-refractivity contribution in [2.45, 2.75) is 52.2 Å². The largest absolute Gasteiger partial charge is 0.379 e. The van der Waals surface area contributed by atoms with Crippen molar-refractivity contribution in [3.63, 3.8) is 0 Å². The van der Waals surface area contributed by atoms with Crippen molar-refractivity contribution in [3.8, 4) is 0 Å². The van der Waals surface area contributed by atoms with Crippen LogP contribution in [0.3, 0.4) is 0 Å². The van der Waals surface area contributed by atoms with Gasteiger partial charge in [-0.15, -0.1) is 0 Å². The van der Waals surface area contributed by atoms with Crippen molar-refractivity contribution < 1.29 is 9.53 Å². The van der Waals surface area contributed by atoms with Gasteiger partial charge in [0.2, 0.25) is 5.91 Å². The first-order valence-electron chi connectivity index (χ1n) is 7.93. The van der Waals surface area contributed by atoms with Gasteiger partial charge in [0.25, 0.3) is 0 Å². The van der Waals surface area contributed by atoms with Crippen LogP contribution in [0, 0.1) is 0 Å². The summed E-state index contributed by atoms with van der Waals surface area (Å²) in [6.45, 7) is 9.17. The van der Waals surface area contributed by atoms with Crippen molar-refractivity contribution in [2.75, 3.05) is 33.3 Å². The number of hydrogen-bond donors (Lipinski definition) is 2. The Morgan fingerprint density at radius 3 is 2.86 bits per heavy atom. The molecule has 1 atom stereocenters. The second kappa shape index (κ2) is 9.60. The smallest absolute Gasteiger partial charge is 0.222 e. The summed E-state index contributed by atoms with van der Waals surface area (Å²) in [5, 5.41) is 6.66. The highest BCUT2D eigenvalue weighted by atomic mass is 16.5. The zero-order valence-corrected chi connectivity index (χ0v) is 13.8. The van der Waals surface area contributed by atoms with Crippen LogP contribution in [-0.4, -0.2) is 62.2 Å². The predicted molar refractivity (Wildman–Crippen MR) is 85.5 cm³/mol. The molecule has 6 heteroatoms. The lowest BCUT2D eigenvalue weighted by atomic mass is 10.3. The highest BCUT2D eigenvalue weighted by Gasteiger charge is 2.25. The number of ether oxygens (including phenoxy) is 1. The number of rotatable bonds is 7. The van der Waals surface area contributed by atoms with Gasteiger partial charge in [-0.2, -0.15) is 0 Å². The third-order valence-electron chi connectivity index (χ3n) is 3.47. The third-order valence-corrected chi connectivity index (χ3v) is 3.47. The Bertz CT molecular complexity index is 345. The number of likely N-dealkylation sites (tertiary alicyclic amines) is 1. The Balaban J connectivity index is 2.21. The van der Waals surface area contributed by atoms with Gasteiger partial charge in [0, 0.05) is 45.8 Å². The maximum absolute atomic E-state index is 11.7. The molecule has 0 radical (unpaired) electrons. The van der Waals surface area contributed by atoms with E-state index in [1.54, 1.807) is 7.05 Å². The minimum atomic E-state index is 0.230. The van der Waals surface area contributed by atoms with Gasteiger partial charge >= 0.3 is 0 Å². The maximum Gasteiger partial charge on any atom is 0.222 e. The van der Waals surface area contributed by atoms with Gasteiger partial charge in [-0.05, 0) is 26.7 Å². The Kier molecular flexibility index (Phi) is 8.12. The molecule has 21 heavy (non-hydrogen) atoms. The van der Waals surface area contributed by atoms with E-state index in [0.29, 0.717) is 12.5 Å². The summed E-state index contributed by atoms with van der Waals surface area (Å²) in [5.74, 6) is 1.03. The van der Waals surface area contributed by atoms with Gasteiger partial charge in [-0.1, -0.05) is 6.92 Å². The number of nitrogens with zero attached hydrogens (tertiary/aromatic N) is 2. The minimum Gasteiger partial charge on any atom is -0.379 e. The highest BCUT2D eigenvalue weighted by Crippen LogP contribution is 2.10. The zero-order chi connectivity index (χ0) is 15.7. The molecule has 1 fully saturated rings. The number of hydrogen-bond acceptors (Lipinski definition) is 3. The second-order valence-electron chi connectivity index (χ2n) is 5.60. The molecule has 2 N–H and O–H groups in total. The third kappa shape index (κ3) is 6.80. The Labute approximate surface area is 128 Å². The molecule has 122 valence electrons. The molecule has 0 aliphatic carbocycles. The number of amides is 1. The van der Waals surface area contributed by atoms with Crippen LogP contribution < -0.4 is 10.6 Å². The van der Waals surface area contributed by atoms with Gasteiger partial charge in [-0.3, -0.25) is 9.79 Å². The quantitative estimate of drug-likeness (QED) is 0.418. The summed E-state index contributed by atoms with van der Waals surface area (Å²) >= 11 is 0. The van der Waals surface area contributed by atoms with E-state index in [-0.39, 0.29) is 12.0 Å². The molecule has 1 rings (SSSR count). The van der Waals surface area contributed by atoms with Crippen molar-refractivity contribution in [1.82, 2.24) is 15.5 Å². The SMILES string of the molecule is CCC(=O)N1CCC(NC(=NC)NCCCOC(C)C)C1. The molecule has 1 aliphatic heterocycles. The van der Waals surface area contributed by atoms with Crippen LogP contribution in [0.15, 0.2) is 4.99 Å². The highest BCUT2D eigenvalue weighted by molar-refractivity contribution is 5.80. The second-order valence-corrected chi connectivity index (χ2v) is 5.60. The fourth-order valence-corrected chi connectivity index (χ4v) is 2.31. The molecule has 0 saturated carbocycles. The standard InChI is InChI=1S/C15H30N4O2/c1-5-14(20)19-9-7-13(11-19)18-15(16-4)17-8-6-10-21-12(2)3/h12-13H,5-11H2,1-4H3,(H2,16,17,18). The van der Waals surface area contributed by atoms with E-state index in [1.165, 1.54) is 0 Å². The van der Waals surface area contributed by atoms with Crippen LogP contribution in [0.1, 0.15) is 40.0 Å². The minimum absolute atomic E-state index is 0.230. The van der Waals surface area contributed by atoms with Crippen molar-refractivity contribution >= 4 is 11.9 Å². The monoisotopic (exact) mass is 298 g/mol. The molecule has 0 aromatic rings. The predicted octanol–water partition coefficient (Wildman–Crippen LogP) is 0.977. The van der Waals surface area contributed by atoms with E-state index in [2.05, 4.69) is 15.6 Å². The van der Waals surface area contributed by atoms with Crippen molar-refractivity contribution in [3.05, 3.63) is 0 Å². The zero-order valence-electron chi connectivity index (χ0n) is 13.8. The molecule has 0 aromatic heterocycles. The lowest BCUT2D eigenvalue weighted by molar-refractivity contribution is -0.129. The van der Waals surface area contributed by atoms with Gasteiger partial charge < -0.3 is 20.3 Å². The van der Waals surface area contributed by atoms with Gasteiger partial charge in [0.1, 0.15) is 0 Å². The van der Waals surface area contributed by atoms with Crippen molar-refractivity contribution in [1.29, 1.82) is 0 Å². The first-order valence-corrected chi connectivity index (χ1v) is 7.93. The summed E-state index contributed by atoms with van der Waals surface area (Å²) in [6.07, 6.45) is 2.78. The van der Waals surface area contributed by atoms with Gasteiger partial charge in [-0.25, -0.2) is 0 Å². The molecule has 1 saturated heterocycles. The molecule has 0 spiro atoms. The lowest BCUT2D eigenvalue weighted by Crippen LogP contribution is -2.45. The Hall–Kier alpha value is -1.30. The molecule has 1 unspecified atom stereocenters. The summed E-state index contributed by atoms with van der Waals surface area (Å²) < 4.78 is 5.50. The van der Waals surface area contributed by atoms with Crippen LogP contribution in [0.4, 0.5) is 0 Å². The topological polar surface area (TPSA) is 66.0 Å². The first-order chi connectivity index (χ1) is 10.1. The maximum atomic E-state index is 11.7. The summed E-state index contributed by atoms with van der Waals surface area (Å²) in [7, 11) is 1.77. The summed E-state index contributed by atoms with van der Waals surface area (Å²) in [4.78, 5) is 17.8. The molecule has 1 amide bonds. The van der Waals surface area contributed by atoms with Crippen LogP contribution in [0.5, 0.6) is 0 Å². The number of carbonyl (C=O) groups excluding carboxylic acids is 1. The molecule has 6 nitrogen and oxygen atoms in total. The van der Waals surface area contributed by atoms with Crippen LogP contribution in [-0.2, 0) is 9.53 Å². The van der Waals surface area contributed by atoms with E-state index in [0.717, 1.165) is 45.0 Å². The Morgan fingerprint density at radius 2 is 2.24 bits per heavy atom. The van der Waals surface area contributed by atoms with Crippen LogP contribution >= 0.6 is 0 Å². The first kappa shape index (κ1) is 17.8. The Morgan fingerprint density at radius 1 is 1.48 bits per heavy atom. The van der Waals surface area contributed by atoms with Crippen LogP contribution in [0.25, 0.3) is 0 Å². The fraction of sp³-hybridized carbons (Fsp3) is 0.867. The molecule has 1 aliphatic rings. The average molecular weight is 298 g/mol. The lowest BCUT2D eigenvalue weighted by Gasteiger charge is -2.18. The summed E-state index contributed by atoms with van der Waals surface area (Å²) in [6, 6.07) is 0.290. The van der Waals surface area contributed by atoms with E-state index < -0.39 is 0 Å². The van der Waals surface area contributed by atoms with E-state index in [9.17, 15) is 4.79 Å². The van der Waals surface area contributed by atoms with E-state index >= 15 is 0 Å². The van der Waals surface area contributed by atoms with Crippen LogP contribution in [0.2, 0.25) is 0 Å². The average Bonchev–Trinajstić information content (AvgIpc) is 2.93. The molecular formula is C15H30N4O2. The van der Waals surface area contributed by atoms with Gasteiger partial charge in [0.15, 0.2) is 5.96 Å². The number of nitrogens with one attached hydrogen (secondary N) is 2.